The minimum Gasteiger partial charge on any atom is -0.354 e. The summed E-state index contributed by atoms with van der Waals surface area (Å²) in [6.45, 7) is 9.42. The number of rotatable bonds is 5. The van der Waals surface area contributed by atoms with Crippen molar-refractivity contribution in [2.24, 2.45) is 23.0 Å². The van der Waals surface area contributed by atoms with E-state index in [9.17, 15) is 4.79 Å². The molecule has 0 aromatic heterocycles. The summed E-state index contributed by atoms with van der Waals surface area (Å²) < 4.78 is 0. The third kappa shape index (κ3) is 3.82. The molecule has 1 rings (SSSR count). The van der Waals surface area contributed by atoms with Crippen LogP contribution in [-0.2, 0) is 4.79 Å². The predicted octanol–water partition coefficient (Wildman–Crippen LogP) is 1.52. The molecule has 1 unspecified atom stereocenters. The summed E-state index contributed by atoms with van der Waals surface area (Å²) >= 11 is 0. The number of carbonyl (C=O) groups is 1. The molecule has 0 spiro atoms. The normalized spacial score (nSPS) is 25.1. The maximum absolute atomic E-state index is 11.6. The Bertz CT molecular complexity index is 236. The predicted molar refractivity (Wildman–Crippen MR) is 62.3 cm³/mol. The molecule has 0 aliphatic heterocycles. The molecule has 0 heterocycles. The second-order valence-electron chi connectivity index (χ2n) is 5.87. The highest BCUT2D eigenvalue weighted by atomic mass is 16.2. The van der Waals surface area contributed by atoms with Crippen molar-refractivity contribution in [3.8, 4) is 0 Å². The second kappa shape index (κ2) is 4.52. The molecule has 0 bridgehead atoms. The molecule has 0 radical (unpaired) electrons. The van der Waals surface area contributed by atoms with Gasteiger partial charge in [-0.3, -0.25) is 4.79 Å². The molecule has 1 amide bonds. The van der Waals surface area contributed by atoms with Crippen LogP contribution in [0.2, 0.25) is 0 Å². The van der Waals surface area contributed by atoms with Gasteiger partial charge in [0.15, 0.2) is 0 Å². The highest BCUT2D eigenvalue weighted by molar-refractivity contribution is 5.81. The van der Waals surface area contributed by atoms with Crippen LogP contribution in [0.15, 0.2) is 0 Å². The van der Waals surface area contributed by atoms with Gasteiger partial charge in [-0.25, -0.2) is 0 Å². The van der Waals surface area contributed by atoms with Crippen LogP contribution in [0.3, 0.4) is 0 Å². The molecular formula is C12H24N2O. The molecule has 1 fully saturated rings. The van der Waals surface area contributed by atoms with E-state index in [1.165, 1.54) is 6.42 Å². The SMILES string of the molecule is CC(C)C[C@H](N)C(=O)NCC1CC1(C)C. The summed E-state index contributed by atoms with van der Waals surface area (Å²) in [5.41, 5.74) is 6.21. The molecule has 0 aromatic carbocycles. The van der Waals surface area contributed by atoms with E-state index in [1.807, 2.05) is 0 Å². The first kappa shape index (κ1) is 12.5. The van der Waals surface area contributed by atoms with Crippen molar-refractivity contribution in [2.45, 2.75) is 46.6 Å². The fraction of sp³-hybridized carbons (Fsp3) is 0.917. The van der Waals surface area contributed by atoms with Crippen LogP contribution >= 0.6 is 0 Å². The number of carbonyl (C=O) groups excluding carboxylic acids is 1. The third-order valence-corrected chi connectivity index (χ3v) is 3.30. The standard InChI is InChI=1S/C12H24N2O/c1-8(2)5-10(13)11(15)14-7-9-6-12(9,3)4/h8-10H,5-7,13H2,1-4H3,(H,14,15)/t9?,10-/m0/s1. The molecule has 1 saturated carbocycles. The van der Waals surface area contributed by atoms with Gasteiger partial charge in [-0.05, 0) is 30.1 Å². The smallest absolute Gasteiger partial charge is 0.236 e. The minimum atomic E-state index is -0.341. The first-order valence-electron chi connectivity index (χ1n) is 5.86. The maximum Gasteiger partial charge on any atom is 0.236 e. The average Bonchev–Trinajstić information content (AvgIpc) is 2.68. The molecule has 2 atom stereocenters. The summed E-state index contributed by atoms with van der Waals surface area (Å²) in [4.78, 5) is 11.6. The Balaban J connectivity index is 2.19. The van der Waals surface area contributed by atoms with E-state index in [-0.39, 0.29) is 11.9 Å². The van der Waals surface area contributed by atoms with Crippen LogP contribution in [0.4, 0.5) is 0 Å². The molecule has 1 aliphatic carbocycles. The van der Waals surface area contributed by atoms with E-state index >= 15 is 0 Å². The van der Waals surface area contributed by atoms with E-state index in [1.54, 1.807) is 0 Å². The van der Waals surface area contributed by atoms with Gasteiger partial charge in [0.2, 0.25) is 5.91 Å². The lowest BCUT2D eigenvalue weighted by Gasteiger charge is -2.14. The van der Waals surface area contributed by atoms with E-state index in [4.69, 9.17) is 5.73 Å². The third-order valence-electron chi connectivity index (χ3n) is 3.30. The number of nitrogens with two attached hydrogens (primary N) is 1. The topological polar surface area (TPSA) is 55.1 Å². The second-order valence-corrected chi connectivity index (χ2v) is 5.87. The Morgan fingerprint density at radius 3 is 2.47 bits per heavy atom. The van der Waals surface area contributed by atoms with E-state index in [2.05, 4.69) is 33.0 Å². The van der Waals surface area contributed by atoms with Gasteiger partial charge in [0.05, 0.1) is 6.04 Å². The van der Waals surface area contributed by atoms with Crippen LogP contribution in [0.25, 0.3) is 0 Å². The zero-order valence-corrected chi connectivity index (χ0v) is 10.3. The summed E-state index contributed by atoms with van der Waals surface area (Å²) in [6.07, 6.45) is 1.98. The van der Waals surface area contributed by atoms with Crippen molar-refractivity contribution in [2.75, 3.05) is 6.54 Å². The Kier molecular flexibility index (Phi) is 3.77. The zero-order chi connectivity index (χ0) is 11.6. The van der Waals surface area contributed by atoms with Gasteiger partial charge in [-0.1, -0.05) is 27.7 Å². The van der Waals surface area contributed by atoms with Crippen molar-refractivity contribution in [3.63, 3.8) is 0 Å². The van der Waals surface area contributed by atoms with Crippen molar-refractivity contribution in [1.29, 1.82) is 0 Å². The van der Waals surface area contributed by atoms with Crippen LogP contribution in [0, 0.1) is 17.3 Å². The van der Waals surface area contributed by atoms with Crippen molar-refractivity contribution >= 4 is 5.91 Å². The average molecular weight is 212 g/mol. The Morgan fingerprint density at radius 2 is 2.07 bits per heavy atom. The quantitative estimate of drug-likeness (QED) is 0.726. The van der Waals surface area contributed by atoms with Gasteiger partial charge in [0, 0.05) is 6.54 Å². The number of hydrogen-bond donors (Lipinski definition) is 2. The molecule has 15 heavy (non-hydrogen) atoms. The lowest BCUT2D eigenvalue weighted by molar-refractivity contribution is -0.122. The van der Waals surface area contributed by atoms with Gasteiger partial charge in [-0.15, -0.1) is 0 Å². The van der Waals surface area contributed by atoms with E-state index in [0.29, 0.717) is 17.3 Å². The largest absolute Gasteiger partial charge is 0.354 e. The Labute approximate surface area is 92.8 Å². The van der Waals surface area contributed by atoms with Crippen molar-refractivity contribution < 1.29 is 4.79 Å². The highest BCUT2D eigenvalue weighted by Crippen LogP contribution is 2.50. The summed E-state index contributed by atoms with van der Waals surface area (Å²) in [5.74, 6) is 1.13. The molecular weight excluding hydrogens is 188 g/mol. The van der Waals surface area contributed by atoms with Gasteiger partial charge >= 0.3 is 0 Å². The first-order chi connectivity index (χ1) is 6.83. The van der Waals surface area contributed by atoms with Gasteiger partial charge < -0.3 is 11.1 Å². The monoisotopic (exact) mass is 212 g/mol. The molecule has 0 aromatic rings. The lowest BCUT2D eigenvalue weighted by atomic mass is 10.0. The number of nitrogens with one attached hydrogen (secondary N) is 1. The van der Waals surface area contributed by atoms with E-state index < -0.39 is 0 Å². The van der Waals surface area contributed by atoms with Gasteiger partial charge in [-0.2, -0.15) is 0 Å². The lowest BCUT2D eigenvalue weighted by Crippen LogP contribution is -2.42. The summed E-state index contributed by atoms with van der Waals surface area (Å²) in [7, 11) is 0. The highest BCUT2D eigenvalue weighted by Gasteiger charge is 2.45. The van der Waals surface area contributed by atoms with Crippen LogP contribution in [0.5, 0.6) is 0 Å². The fourth-order valence-electron chi connectivity index (χ4n) is 1.89. The summed E-state index contributed by atoms with van der Waals surface area (Å²) in [5, 5.41) is 2.94. The zero-order valence-electron chi connectivity index (χ0n) is 10.3. The van der Waals surface area contributed by atoms with Gasteiger partial charge in [0.25, 0.3) is 0 Å². The number of hydrogen-bond acceptors (Lipinski definition) is 2. The minimum absolute atomic E-state index is 0.00593. The van der Waals surface area contributed by atoms with Gasteiger partial charge in [0.1, 0.15) is 0 Å². The molecule has 3 heteroatoms. The van der Waals surface area contributed by atoms with Crippen molar-refractivity contribution in [3.05, 3.63) is 0 Å². The molecule has 3 nitrogen and oxygen atoms in total. The molecule has 1 aliphatic rings. The fourth-order valence-corrected chi connectivity index (χ4v) is 1.89. The van der Waals surface area contributed by atoms with Crippen molar-refractivity contribution in [1.82, 2.24) is 5.32 Å². The van der Waals surface area contributed by atoms with Crippen LogP contribution in [-0.4, -0.2) is 18.5 Å². The first-order valence-corrected chi connectivity index (χ1v) is 5.86. The van der Waals surface area contributed by atoms with Crippen LogP contribution in [0.1, 0.15) is 40.5 Å². The Hall–Kier alpha value is -0.570. The molecule has 3 N–H and O–H groups in total. The van der Waals surface area contributed by atoms with Crippen LogP contribution < -0.4 is 11.1 Å². The number of amides is 1. The van der Waals surface area contributed by atoms with E-state index in [0.717, 1.165) is 13.0 Å². The molecule has 88 valence electrons. The molecule has 0 saturated heterocycles. The Morgan fingerprint density at radius 1 is 1.53 bits per heavy atom. The maximum atomic E-state index is 11.6. The summed E-state index contributed by atoms with van der Waals surface area (Å²) in [6, 6.07) is -0.341.